The third-order valence-electron chi connectivity index (χ3n) is 3.07. The first-order chi connectivity index (χ1) is 7.72. The summed E-state index contributed by atoms with van der Waals surface area (Å²) >= 11 is 0. The molecule has 0 saturated carbocycles. The lowest BCUT2D eigenvalue weighted by atomic mass is 9.93. The summed E-state index contributed by atoms with van der Waals surface area (Å²) in [6.45, 7) is 5.18. The van der Waals surface area contributed by atoms with Gasteiger partial charge < -0.3 is 10.5 Å². The maximum absolute atomic E-state index is 5.55. The van der Waals surface area contributed by atoms with Gasteiger partial charge in [0, 0.05) is 0 Å². The van der Waals surface area contributed by atoms with Crippen molar-refractivity contribution in [3.05, 3.63) is 29.3 Å². The Morgan fingerprint density at radius 3 is 2.69 bits per heavy atom. The van der Waals surface area contributed by atoms with E-state index in [-0.39, 0.29) is 0 Å². The summed E-state index contributed by atoms with van der Waals surface area (Å²) in [4.78, 5) is 0. The summed E-state index contributed by atoms with van der Waals surface area (Å²) in [6, 6.07) is 6.48. The van der Waals surface area contributed by atoms with Crippen LogP contribution >= 0.6 is 0 Å². The van der Waals surface area contributed by atoms with Gasteiger partial charge in [0.15, 0.2) is 0 Å². The molecule has 2 N–H and O–H groups in total. The van der Waals surface area contributed by atoms with Gasteiger partial charge in [0.25, 0.3) is 0 Å². The molecule has 0 aromatic heterocycles. The number of methoxy groups -OCH3 is 1. The molecule has 0 fully saturated rings. The van der Waals surface area contributed by atoms with Crippen molar-refractivity contribution in [2.24, 2.45) is 5.73 Å². The minimum absolute atomic E-state index is 0.519. The van der Waals surface area contributed by atoms with Crippen LogP contribution in [0, 0.1) is 0 Å². The molecule has 0 bridgehead atoms. The minimum Gasteiger partial charge on any atom is -0.496 e. The average molecular weight is 221 g/mol. The van der Waals surface area contributed by atoms with E-state index >= 15 is 0 Å². The van der Waals surface area contributed by atoms with Crippen LogP contribution in [0.4, 0.5) is 0 Å². The second kappa shape index (κ2) is 6.54. The number of hydrogen-bond acceptors (Lipinski definition) is 2. The zero-order chi connectivity index (χ0) is 12.0. The highest BCUT2D eigenvalue weighted by atomic mass is 16.5. The lowest BCUT2D eigenvalue weighted by Gasteiger charge is -2.16. The maximum atomic E-state index is 5.55. The molecule has 0 heterocycles. The summed E-state index contributed by atoms with van der Waals surface area (Å²) in [7, 11) is 1.74. The van der Waals surface area contributed by atoms with Crippen molar-refractivity contribution in [3.63, 3.8) is 0 Å². The van der Waals surface area contributed by atoms with Gasteiger partial charge in [-0.05, 0) is 48.9 Å². The van der Waals surface area contributed by atoms with Crippen molar-refractivity contribution in [3.8, 4) is 5.75 Å². The molecule has 16 heavy (non-hydrogen) atoms. The summed E-state index contributed by atoms with van der Waals surface area (Å²) in [5.74, 6) is 1.52. The number of ether oxygens (including phenoxy) is 1. The van der Waals surface area contributed by atoms with Gasteiger partial charge in [-0.2, -0.15) is 0 Å². The van der Waals surface area contributed by atoms with Gasteiger partial charge in [-0.3, -0.25) is 0 Å². The highest BCUT2D eigenvalue weighted by Crippen LogP contribution is 2.30. The van der Waals surface area contributed by atoms with Crippen LogP contribution in [-0.2, 0) is 6.42 Å². The molecule has 0 spiro atoms. The van der Waals surface area contributed by atoms with Crippen LogP contribution in [0.5, 0.6) is 5.75 Å². The number of hydrogen-bond donors (Lipinski definition) is 1. The van der Waals surface area contributed by atoms with Crippen molar-refractivity contribution >= 4 is 0 Å². The fourth-order valence-corrected chi connectivity index (χ4v) is 1.97. The molecule has 2 heteroatoms. The largest absolute Gasteiger partial charge is 0.496 e. The Morgan fingerprint density at radius 2 is 2.12 bits per heavy atom. The first-order valence-corrected chi connectivity index (χ1v) is 6.09. The third kappa shape index (κ3) is 3.24. The first kappa shape index (κ1) is 13.0. The fraction of sp³-hybridized carbons (Fsp3) is 0.571. The minimum atomic E-state index is 0.519. The Bertz CT molecular complexity index is 323. The Labute approximate surface area is 98.8 Å². The lowest BCUT2D eigenvalue weighted by Crippen LogP contribution is -2.03. The molecule has 1 atom stereocenters. The van der Waals surface area contributed by atoms with Gasteiger partial charge in [0.1, 0.15) is 5.75 Å². The summed E-state index contributed by atoms with van der Waals surface area (Å²) < 4.78 is 5.41. The predicted octanol–water partition coefficient (Wildman–Crippen LogP) is 3.10. The SMILES string of the molecule is CCc1ccc(OC)c(C(C)CCCN)c1. The molecular weight excluding hydrogens is 198 g/mol. The van der Waals surface area contributed by atoms with E-state index in [1.807, 2.05) is 0 Å². The van der Waals surface area contributed by atoms with E-state index in [1.54, 1.807) is 7.11 Å². The molecule has 0 radical (unpaired) electrons. The topological polar surface area (TPSA) is 35.2 Å². The number of nitrogens with two attached hydrogens (primary N) is 1. The molecule has 1 rings (SSSR count). The van der Waals surface area contributed by atoms with Crippen LogP contribution < -0.4 is 10.5 Å². The van der Waals surface area contributed by atoms with Crippen molar-refractivity contribution in [2.45, 2.75) is 39.0 Å². The van der Waals surface area contributed by atoms with Crippen molar-refractivity contribution in [1.82, 2.24) is 0 Å². The van der Waals surface area contributed by atoms with Crippen LogP contribution in [0.2, 0.25) is 0 Å². The van der Waals surface area contributed by atoms with Crippen LogP contribution in [0.3, 0.4) is 0 Å². The normalized spacial score (nSPS) is 12.5. The van der Waals surface area contributed by atoms with Crippen LogP contribution in [0.1, 0.15) is 43.7 Å². The van der Waals surface area contributed by atoms with Gasteiger partial charge in [-0.15, -0.1) is 0 Å². The van der Waals surface area contributed by atoms with E-state index in [4.69, 9.17) is 10.5 Å². The van der Waals surface area contributed by atoms with E-state index in [9.17, 15) is 0 Å². The second-order valence-electron chi connectivity index (χ2n) is 4.26. The van der Waals surface area contributed by atoms with Crippen molar-refractivity contribution in [1.29, 1.82) is 0 Å². The molecule has 0 aliphatic carbocycles. The average Bonchev–Trinajstić information content (AvgIpc) is 2.35. The molecule has 90 valence electrons. The summed E-state index contributed by atoms with van der Waals surface area (Å²) in [5.41, 5.74) is 8.24. The Hall–Kier alpha value is -1.02. The standard InChI is InChI=1S/C14H23NO/c1-4-12-7-8-14(16-3)13(10-12)11(2)6-5-9-15/h7-8,10-11H,4-6,9,15H2,1-3H3. The molecule has 0 aliphatic rings. The molecule has 1 aromatic carbocycles. The van der Waals surface area contributed by atoms with E-state index < -0.39 is 0 Å². The maximum Gasteiger partial charge on any atom is 0.122 e. The number of benzene rings is 1. The zero-order valence-electron chi connectivity index (χ0n) is 10.6. The van der Waals surface area contributed by atoms with Gasteiger partial charge in [0.2, 0.25) is 0 Å². The third-order valence-corrected chi connectivity index (χ3v) is 3.07. The zero-order valence-corrected chi connectivity index (χ0v) is 10.6. The molecule has 0 aliphatic heterocycles. The Morgan fingerprint density at radius 1 is 1.38 bits per heavy atom. The van der Waals surface area contributed by atoms with E-state index in [2.05, 4.69) is 32.0 Å². The number of aryl methyl sites for hydroxylation is 1. The van der Waals surface area contributed by atoms with E-state index in [1.165, 1.54) is 11.1 Å². The molecule has 0 saturated heterocycles. The van der Waals surface area contributed by atoms with Gasteiger partial charge >= 0.3 is 0 Å². The smallest absolute Gasteiger partial charge is 0.122 e. The van der Waals surface area contributed by atoms with Gasteiger partial charge in [-0.25, -0.2) is 0 Å². The predicted molar refractivity (Wildman–Crippen MR) is 69.1 cm³/mol. The molecular formula is C14H23NO. The summed E-state index contributed by atoms with van der Waals surface area (Å²) in [6.07, 6.45) is 3.27. The van der Waals surface area contributed by atoms with E-state index in [0.717, 1.165) is 31.6 Å². The number of rotatable bonds is 6. The van der Waals surface area contributed by atoms with Crippen LogP contribution in [0.25, 0.3) is 0 Å². The van der Waals surface area contributed by atoms with Crippen LogP contribution in [-0.4, -0.2) is 13.7 Å². The Kier molecular flexibility index (Phi) is 5.33. The summed E-state index contributed by atoms with van der Waals surface area (Å²) in [5, 5.41) is 0. The van der Waals surface area contributed by atoms with Gasteiger partial charge in [-0.1, -0.05) is 26.0 Å². The highest BCUT2D eigenvalue weighted by molar-refractivity contribution is 5.39. The molecule has 1 unspecified atom stereocenters. The molecule has 1 aromatic rings. The van der Waals surface area contributed by atoms with Gasteiger partial charge in [0.05, 0.1) is 7.11 Å². The quantitative estimate of drug-likeness (QED) is 0.801. The van der Waals surface area contributed by atoms with Crippen LogP contribution in [0.15, 0.2) is 18.2 Å². The lowest BCUT2D eigenvalue weighted by molar-refractivity contribution is 0.404. The Balaban J connectivity index is 2.89. The second-order valence-corrected chi connectivity index (χ2v) is 4.26. The fourth-order valence-electron chi connectivity index (χ4n) is 1.97. The van der Waals surface area contributed by atoms with Crippen molar-refractivity contribution < 1.29 is 4.74 Å². The monoisotopic (exact) mass is 221 g/mol. The highest BCUT2D eigenvalue weighted by Gasteiger charge is 2.11. The van der Waals surface area contributed by atoms with Crippen molar-refractivity contribution in [2.75, 3.05) is 13.7 Å². The first-order valence-electron chi connectivity index (χ1n) is 6.09. The molecule has 0 amide bonds. The molecule has 2 nitrogen and oxygen atoms in total. The van der Waals surface area contributed by atoms with E-state index in [0.29, 0.717) is 5.92 Å².